The molecule has 1 aliphatic heterocycles. The molecule has 0 radical (unpaired) electrons. The van der Waals surface area contributed by atoms with Crippen molar-refractivity contribution in [3.63, 3.8) is 0 Å². The molecule has 2 heterocycles. The van der Waals surface area contributed by atoms with E-state index < -0.39 is 0 Å². The highest BCUT2D eigenvalue weighted by Crippen LogP contribution is 2.35. The predicted octanol–water partition coefficient (Wildman–Crippen LogP) is 4.62. The Hall–Kier alpha value is -2.51. The third-order valence-corrected chi connectivity index (χ3v) is 7.08. The summed E-state index contributed by atoms with van der Waals surface area (Å²) in [6.45, 7) is 6.07. The molecule has 0 saturated carbocycles. The van der Waals surface area contributed by atoms with Crippen LogP contribution >= 0.6 is 23.5 Å². The number of carbonyl (C=O) groups excluding carboxylic acids is 1. The van der Waals surface area contributed by atoms with Crippen LogP contribution in [0, 0.1) is 13.8 Å². The van der Waals surface area contributed by atoms with Crippen LogP contribution in [-0.4, -0.2) is 26.5 Å². The lowest BCUT2D eigenvalue weighted by Gasteiger charge is -2.14. The standard InChI is InChI=1S/C23H23N3O2S2/c1-14-8-10-17(11-9-14)26-22(28)21-19(12-16(3)30-21)25-23(26)29-13-20(27)24-18-7-5-4-6-15(18)2/h4-11,16H,12-13H2,1-3H3,(H,24,27). The van der Waals surface area contributed by atoms with E-state index in [2.05, 4.69) is 12.2 Å². The van der Waals surface area contributed by atoms with Crippen LogP contribution in [0.1, 0.15) is 23.7 Å². The smallest absolute Gasteiger partial charge is 0.272 e. The number of para-hydroxylation sites is 1. The van der Waals surface area contributed by atoms with Gasteiger partial charge in [-0.3, -0.25) is 14.2 Å². The Morgan fingerprint density at radius 2 is 1.93 bits per heavy atom. The van der Waals surface area contributed by atoms with Crippen molar-refractivity contribution in [2.24, 2.45) is 0 Å². The van der Waals surface area contributed by atoms with Crippen LogP contribution in [-0.2, 0) is 11.2 Å². The molecule has 0 bridgehead atoms. The zero-order chi connectivity index (χ0) is 21.3. The minimum Gasteiger partial charge on any atom is -0.325 e. The molecule has 0 saturated heterocycles. The van der Waals surface area contributed by atoms with E-state index in [0.717, 1.165) is 39.5 Å². The summed E-state index contributed by atoms with van der Waals surface area (Å²) in [5, 5.41) is 3.82. The van der Waals surface area contributed by atoms with Gasteiger partial charge in [-0.1, -0.05) is 54.6 Å². The third kappa shape index (κ3) is 4.32. The molecule has 1 aliphatic rings. The number of nitrogens with one attached hydrogen (secondary N) is 1. The molecule has 5 nitrogen and oxygen atoms in total. The number of hydrogen-bond acceptors (Lipinski definition) is 5. The number of thioether (sulfide) groups is 2. The first-order valence-electron chi connectivity index (χ1n) is 9.80. The van der Waals surface area contributed by atoms with Crippen LogP contribution in [0.3, 0.4) is 0 Å². The van der Waals surface area contributed by atoms with Crippen LogP contribution in [0.4, 0.5) is 5.69 Å². The van der Waals surface area contributed by atoms with Crippen molar-refractivity contribution >= 4 is 35.1 Å². The van der Waals surface area contributed by atoms with Gasteiger partial charge in [-0.15, -0.1) is 11.8 Å². The summed E-state index contributed by atoms with van der Waals surface area (Å²) in [4.78, 5) is 31.3. The van der Waals surface area contributed by atoms with Gasteiger partial charge in [0.1, 0.15) is 0 Å². The normalized spacial score (nSPS) is 15.1. The molecule has 7 heteroatoms. The fraction of sp³-hybridized carbons (Fsp3) is 0.261. The average Bonchev–Trinajstić information content (AvgIpc) is 3.10. The second-order valence-corrected chi connectivity index (χ2v) is 9.82. The first kappa shape index (κ1) is 20.8. The maximum absolute atomic E-state index is 13.3. The summed E-state index contributed by atoms with van der Waals surface area (Å²) in [5.41, 5.74) is 4.47. The van der Waals surface area contributed by atoms with Gasteiger partial charge in [-0.05, 0) is 37.6 Å². The van der Waals surface area contributed by atoms with Gasteiger partial charge in [0.2, 0.25) is 5.91 Å². The van der Waals surface area contributed by atoms with E-state index in [-0.39, 0.29) is 17.2 Å². The van der Waals surface area contributed by atoms with E-state index in [1.807, 2.05) is 62.4 Å². The number of anilines is 1. The Morgan fingerprint density at radius 3 is 2.67 bits per heavy atom. The average molecular weight is 438 g/mol. The summed E-state index contributed by atoms with van der Waals surface area (Å²) in [7, 11) is 0. The molecule has 0 spiro atoms. The molecule has 3 aromatic rings. The van der Waals surface area contributed by atoms with Crippen molar-refractivity contribution in [1.82, 2.24) is 9.55 Å². The van der Waals surface area contributed by atoms with Crippen molar-refractivity contribution in [2.75, 3.05) is 11.1 Å². The largest absolute Gasteiger partial charge is 0.325 e. The molecular weight excluding hydrogens is 414 g/mol. The van der Waals surface area contributed by atoms with Gasteiger partial charge in [-0.25, -0.2) is 4.98 Å². The number of aromatic nitrogens is 2. The second kappa shape index (κ2) is 8.70. The molecule has 4 rings (SSSR count). The lowest BCUT2D eigenvalue weighted by atomic mass is 10.2. The molecule has 0 fully saturated rings. The third-order valence-electron chi connectivity index (χ3n) is 4.92. The lowest BCUT2D eigenvalue weighted by Crippen LogP contribution is -2.24. The molecular formula is C23H23N3O2S2. The predicted molar refractivity (Wildman–Crippen MR) is 124 cm³/mol. The van der Waals surface area contributed by atoms with Gasteiger partial charge in [0.15, 0.2) is 5.16 Å². The number of carbonyl (C=O) groups is 1. The van der Waals surface area contributed by atoms with E-state index in [0.29, 0.717) is 10.4 Å². The van der Waals surface area contributed by atoms with Crippen LogP contribution in [0.15, 0.2) is 63.4 Å². The number of amides is 1. The van der Waals surface area contributed by atoms with Gasteiger partial charge in [-0.2, -0.15) is 0 Å². The van der Waals surface area contributed by atoms with Gasteiger partial charge in [0, 0.05) is 17.4 Å². The molecule has 1 N–H and O–H groups in total. The number of hydrogen-bond donors (Lipinski definition) is 1. The Balaban J connectivity index is 1.63. The molecule has 1 unspecified atom stereocenters. The maximum Gasteiger partial charge on any atom is 0.272 e. The first-order chi connectivity index (χ1) is 14.4. The molecule has 1 amide bonds. The monoisotopic (exact) mass is 437 g/mol. The quantitative estimate of drug-likeness (QED) is 0.466. The number of nitrogens with zero attached hydrogens (tertiary/aromatic N) is 2. The van der Waals surface area contributed by atoms with Crippen molar-refractivity contribution in [3.8, 4) is 5.69 Å². The summed E-state index contributed by atoms with van der Waals surface area (Å²) in [5.74, 6) is 0.0518. The fourth-order valence-corrected chi connectivity index (χ4v) is 5.27. The van der Waals surface area contributed by atoms with Crippen LogP contribution < -0.4 is 10.9 Å². The van der Waals surface area contributed by atoms with Crippen LogP contribution in [0.2, 0.25) is 0 Å². The lowest BCUT2D eigenvalue weighted by molar-refractivity contribution is -0.113. The number of rotatable bonds is 5. The zero-order valence-electron chi connectivity index (χ0n) is 17.1. The summed E-state index contributed by atoms with van der Waals surface area (Å²) in [6, 6.07) is 15.5. The molecule has 1 aromatic heterocycles. The molecule has 154 valence electrons. The highest BCUT2D eigenvalue weighted by Gasteiger charge is 2.27. The van der Waals surface area contributed by atoms with Crippen molar-refractivity contribution < 1.29 is 4.79 Å². The summed E-state index contributed by atoms with van der Waals surface area (Å²) < 4.78 is 1.63. The first-order valence-corrected chi connectivity index (χ1v) is 11.7. The van der Waals surface area contributed by atoms with E-state index in [4.69, 9.17) is 4.98 Å². The van der Waals surface area contributed by atoms with Crippen molar-refractivity contribution in [1.29, 1.82) is 0 Å². The minimum absolute atomic E-state index is 0.0555. The van der Waals surface area contributed by atoms with E-state index in [1.165, 1.54) is 11.8 Å². The van der Waals surface area contributed by atoms with Gasteiger partial charge < -0.3 is 5.32 Å². The van der Waals surface area contributed by atoms with Crippen molar-refractivity contribution in [3.05, 3.63) is 75.7 Å². The van der Waals surface area contributed by atoms with Crippen molar-refractivity contribution in [2.45, 2.75) is 42.5 Å². The van der Waals surface area contributed by atoms with Crippen LogP contribution in [0.25, 0.3) is 5.69 Å². The van der Waals surface area contributed by atoms with E-state index in [9.17, 15) is 9.59 Å². The Labute approximate surface area is 184 Å². The highest BCUT2D eigenvalue weighted by atomic mass is 32.2. The Morgan fingerprint density at radius 1 is 1.20 bits per heavy atom. The van der Waals surface area contributed by atoms with E-state index >= 15 is 0 Å². The second-order valence-electron chi connectivity index (χ2n) is 7.43. The number of aryl methyl sites for hydroxylation is 2. The Bertz CT molecular complexity index is 1160. The fourth-order valence-electron chi connectivity index (χ4n) is 3.35. The van der Waals surface area contributed by atoms with Crippen LogP contribution in [0.5, 0.6) is 0 Å². The molecule has 0 aliphatic carbocycles. The number of benzene rings is 2. The number of fused-ring (bicyclic) bond motifs is 1. The maximum atomic E-state index is 13.3. The molecule has 1 atom stereocenters. The highest BCUT2D eigenvalue weighted by molar-refractivity contribution is 8.00. The Kier molecular flexibility index (Phi) is 6.01. The SMILES string of the molecule is Cc1ccc(-n2c(SCC(=O)Nc3ccccc3C)nc3c(c2=O)SC(C)C3)cc1. The summed E-state index contributed by atoms with van der Waals surface area (Å²) >= 11 is 2.87. The van der Waals surface area contributed by atoms with Gasteiger partial charge >= 0.3 is 0 Å². The van der Waals surface area contributed by atoms with Gasteiger partial charge in [0.25, 0.3) is 5.56 Å². The summed E-state index contributed by atoms with van der Waals surface area (Å²) in [6.07, 6.45) is 0.771. The zero-order valence-corrected chi connectivity index (χ0v) is 18.8. The van der Waals surface area contributed by atoms with E-state index in [1.54, 1.807) is 16.3 Å². The van der Waals surface area contributed by atoms with Gasteiger partial charge in [0.05, 0.1) is 22.0 Å². The topological polar surface area (TPSA) is 64.0 Å². The molecule has 2 aromatic carbocycles. The molecule has 30 heavy (non-hydrogen) atoms. The minimum atomic E-state index is -0.123.